The van der Waals surface area contributed by atoms with Gasteiger partial charge in [0.15, 0.2) is 0 Å². The third kappa shape index (κ3) is 5.35. The minimum atomic E-state index is -4.11. The van der Waals surface area contributed by atoms with Crippen LogP contribution in [0.25, 0.3) is 0 Å². The highest BCUT2D eigenvalue weighted by molar-refractivity contribution is 7.92. The Hall–Kier alpha value is -2.74. The number of halogens is 2. The molecule has 0 fully saturated rings. The fourth-order valence-electron chi connectivity index (χ4n) is 3.00. The highest BCUT2D eigenvalue weighted by atomic mass is 35.5. The Bertz CT molecular complexity index is 1250. The van der Waals surface area contributed by atoms with Gasteiger partial charge >= 0.3 is 0 Å². The Kier molecular flexibility index (Phi) is 7.33. The van der Waals surface area contributed by atoms with E-state index in [0.717, 1.165) is 15.4 Å². The summed E-state index contributed by atoms with van der Waals surface area (Å²) >= 11 is 12.3. The van der Waals surface area contributed by atoms with Crippen LogP contribution in [0.1, 0.15) is 11.1 Å². The molecule has 0 radical (unpaired) electrons. The van der Waals surface area contributed by atoms with Crippen LogP contribution in [-0.4, -0.2) is 28.0 Å². The lowest BCUT2D eigenvalue weighted by Crippen LogP contribution is -2.38. The van der Waals surface area contributed by atoms with Crippen LogP contribution in [0.2, 0.25) is 10.0 Å². The molecule has 0 aliphatic rings. The van der Waals surface area contributed by atoms with Crippen LogP contribution in [0.4, 0.5) is 11.4 Å². The normalized spacial score (nSPS) is 11.2. The number of rotatable bonds is 7. The lowest BCUT2D eigenvalue weighted by atomic mass is 10.2. The van der Waals surface area contributed by atoms with Crippen molar-refractivity contribution >= 4 is 50.5 Å². The second kappa shape index (κ2) is 9.81. The average molecular weight is 493 g/mol. The van der Waals surface area contributed by atoms with Crippen molar-refractivity contribution in [2.45, 2.75) is 18.7 Å². The molecule has 0 saturated carbocycles. The molecule has 32 heavy (non-hydrogen) atoms. The quantitative estimate of drug-likeness (QED) is 0.475. The lowest BCUT2D eigenvalue weighted by Gasteiger charge is -2.26. The SMILES string of the molecule is COc1ccc(Cl)cc1N(CC(=O)Nc1ccc(C)c(Cl)c1)S(=O)(=O)c1ccc(C)cc1. The average Bonchev–Trinajstić information content (AvgIpc) is 2.75. The van der Waals surface area contributed by atoms with Gasteiger partial charge in [-0.15, -0.1) is 0 Å². The van der Waals surface area contributed by atoms with Gasteiger partial charge in [-0.05, 0) is 61.9 Å². The number of nitrogens with one attached hydrogen (secondary N) is 1. The van der Waals surface area contributed by atoms with Gasteiger partial charge in [-0.25, -0.2) is 8.42 Å². The van der Waals surface area contributed by atoms with Gasteiger partial charge in [0.05, 0.1) is 17.7 Å². The van der Waals surface area contributed by atoms with E-state index in [4.69, 9.17) is 27.9 Å². The summed E-state index contributed by atoms with van der Waals surface area (Å²) < 4.78 is 33.4. The summed E-state index contributed by atoms with van der Waals surface area (Å²) in [5.41, 5.74) is 2.37. The van der Waals surface area contributed by atoms with Crippen LogP contribution >= 0.6 is 23.2 Å². The Balaban J connectivity index is 2.02. The van der Waals surface area contributed by atoms with Gasteiger partial charge in [-0.1, -0.05) is 47.0 Å². The second-order valence-corrected chi connectivity index (χ2v) is 9.86. The number of nitrogens with zero attached hydrogens (tertiary/aromatic N) is 1. The Labute approximate surface area is 197 Å². The van der Waals surface area contributed by atoms with Crippen molar-refractivity contribution in [2.75, 3.05) is 23.3 Å². The molecule has 0 heterocycles. The number of benzene rings is 3. The minimum Gasteiger partial charge on any atom is -0.495 e. The van der Waals surface area contributed by atoms with Gasteiger partial charge < -0.3 is 10.1 Å². The van der Waals surface area contributed by atoms with E-state index in [1.807, 2.05) is 13.8 Å². The number of sulfonamides is 1. The van der Waals surface area contributed by atoms with Crippen molar-refractivity contribution in [1.82, 2.24) is 0 Å². The monoisotopic (exact) mass is 492 g/mol. The van der Waals surface area contributed by atoms with Crippen LogP contribution in [-0.2, 0) is 14.8 Å². The Morgan fingerprint density at radius 3 is 2.31 bits per heavy atom. The fraction of sp³-hybridized carbons (Fsp3) is 0.174. The number of hydrogen-bond donors (Lipinski definition) is 1. The number of carbonyl (C=O) groups is 1. The van der Waals surface area contributed by atoms with Gasteiger partial charge in [0.25, 0.3) is 10.0 Å². The van der Waals surface area contributed by atoms with Crippen molar-refractivity contribution in [3.05, 3.63) is 81.8 Å². The molecule has 0 bridgehead atoms. The second-order valence-electron chi connectivity index (χ2n) is 7.15. The van der Waals surface area contributed by atoms with Crippen molar-refractivity contribution in [3.63, 3.8) is 0 Å². The molecule has 1 amide bonds. The highest BCUT2D eigenvalue weighted by Gasteiger charge is 2.29. The van der Waals surface area contributed by atoms with E-state index < -0.39 is 22.5 Å². The van der Waals surface area contributed by atoms with Crippen molar-refractivity contribution < 1.29 is 17.9 Å². The molecule has 0 aromatic heterocycles. The molecule has 0 spiro atoms. The molecular weight excluding hydrogens is 471 g/mol. The van der Waals surface area contributed by atoms with Gasteiger partial charge in [0.2, 0.25) is 5.91 Å². The summed E-state index contributed by atoms with van der Waals surface area (Å²) in [5.74, 6) is -0.293. The predicted octanol–water partition coefficient (Wildman–Crippen LogP) is 5.45. The largest absolute Gasteiger partial charge is 0.495 e. The van der Waals surface area contributed by atoms with Crippen LogP contribution in [0.3, 0.4) is 0 Å². The zero-order chi connectivity index (χ0) is 23.5. The summed E-state index contributed by atoms with van der Waals surface area (Å²) in [4.78, 5) is 12.9. The van der Waals surface area contributed by atoms with E-state index in [9.17, 15) is 13.2 Å². The van der Waals surface area contributed by atoms with Gasteiger partial charge in [-0.3, -0.25) is 9.10 Å². The Morgan fingerprint density at radius 2 is 1.69 bits per heavy atom. The number of hydrogen-bond acceptors (Lipinski definition) is 4. The molecule has 0 unspecified atom stereocenters. The maximum Gasteiger partial charge on any atom is 0.264 e. The van der Waals surface area contributed by atoms with Crippen LogP contribution in [0.5, 0.6) is 5.75 Å². The van der Waals surface area contributed by atoms with Gasteiger partial charge in [-0.2, -0.15) is 0 Å². The fourth-order valence-corrected chi connectivity index (χ4v) is 4.77. The number of methoxy groups -OCH3 is 1. The molecule has 3 aromatic rings. The molecule has 3 rings (SSSR count). The maximum atomic E-state index is 13.5. The molecule has 0 aliphatic carbocycles. The number of carbonyl (C=O) groups excluding carboxylic acids is 1. The molecule has 0 saturated heterocycles. The first kappa shape index (κ1) is 23.9. The van der Waals surface area contributed by atoms with E-state index in [-0.39, 0.29) is 16.3 Å². The highest BCUT2D eigenvalue weighted by Crippen LogP contribution is 2.35. The number of amides is 1. The van der Waals surface area contributed by atoms with Crippen LogP contribution in [0, 0.1) is 13.8 Å². The number of anilines is 2. The van der Waals surface area contributed by atoms with Gasteiger partial charge in [0, 0.05) is 15.7 Å². The summed E-state index contributed by atoms with van der Waals surface area (Å²) in [5, 5.41) is 3.48. The molecular formula is C23H22Cl2N2O4S. The van der Waals surface area contributed by atoms with E-state index in [1.165, 1.54) is 25.3 Å². The predicted molar refractivity (Wildman–Crippen MR) is 129 cm³/mol. The van der Waals surface area contributed by atoms with Crippen LogP contribution in [0.15, 0.2) is 65.6 Å². The van der Waals surface area contributed by atoms with Crippen molar-refractivity contribution in [1.29, 1.82) is 0 Å². The third-order valence-electron chi connectivity index (χ3n) is 4.76. The topological polar surface area (TPSA) is 75.7 Å². The molecule has 3 aromatic carbocycles. The molecule has 168 valence electrons. The van der Waals surface area contributed by atoms with E-state index >= 15 is 0 Å². The summed E-state index contributed by atoms with van der Waals surface area (Å²) in [6.45, 7) is 3.20. The molecule has 9 heteroatoms. The molecule has 0 aliphatic heterocycles. The first-order valence-corrected chi connectivity index (χ1v) is 11.8. The first-order chi connectivity index (χ1) is 15.1. The molecule has 0 atom stereocenters. The van der Waals surface area contributed by atoms with E-state index in [2.05, 4.69) is 5.32 Å². The summed E-state index contributed by atoms with van der Waals surface area (Å²) in [6.07, 6.45) is 0. The smallest absolute Gasteiger partial charge is 0.264 e. The van der Waals surface area contributed by atoms with Crippen molar-refractivity contribution in [3.8, 4) is 5.75 Å². The number of ether oxygens (including phenoxy) is 1. The zero-order valence-electron chi connectivity index (χ0n) is 17.7. The van der Waals surface area contributed by atoms with Crippen molar-refractivity contribution in [2.24, 2.45) is 0 Å². The zero-order valence-corrected chi connectivity index (χ0v) is 20.1. The van der Waals surface area contributed by atoms with Gasteiger partial charge in [0.1, 0.15) is 12.3 Å². The standard InChI is InChI=1S/C23H22Cl2N2O4S/c1-15-4-9-19(10-5-15)32(29,30)27(21-12-17(24)7-11-22(21)31-3)14-23(28)26-18-8-6-16(2)20(25)13-18/h4-13H,14H2,1-3H3,(H,26,28). The first-order valence-electron chi connectivity index (χ1n) is 9.61. The molecule has 6 nitrogen and oxygen atoms in total. The Morgan fingerprint density at radius 1 is 1.00 bits per heavy atom. The summed E-state index contributed by atoms with van der Waals surface area (Å²) in [6, 6.07) is 16.0. The maximum absolute atomic E-state index is 13.5. The summed E-state index contributed by atoms with van der Waals surface area (Å²) in [7, 11) is -2.70. The van der Waals surface area contributed by atoms with E-state index in [1.54, 1.807) is 42.5 Å². The van der Waals surface area contributed by atoms with Crippen LogP contribution < -0.4 is 14.4 Å². The number of aryl methyl sites for hydroxylation is 2. The minimum absolute atomic E-state index is 0.0382. The lowest BCUT2D eigenvalue weighted by molar-refractivity contribution is -0.114. The molecule has 1 N–H and O–H groups in total. The van der Waals surface area contributed by atoms with E-state index in [0.29, 0.717) is 15.7 Å². The third-order valence-corrected chi connectivity index (χ3v) is 7.18.